The summed E-state index contributed by atoms with van der Waals surface area (Å²) in [6, 6.07) is 5.05. The van der Waals surface area contributed by atoms with Gasteiger partial charge in [0.1, 0.15) is 0 Å². The van der Waals surface area contributed by atoms with Crippen molar-refractivity contribution in [2.45, 2.75) is 32.2 Å². The largest absolute Gasteiger partial charge is 0.352 e. The average molecular weight is 427 g/mol. The highest BCUT2D eigenvalue weighted by molar-refractivity contribution is 6.34. The zero-order valence-corrected chi connectivity index (χ0v) is 17.1. The first-order chi connectivity index (χ1) is 13.1. The van der Waals surface area contributed by atoms with E-state index in [9.17, 15) is 9.59 Å². The minimum Gasteiger partial charge on any atom is -0.352 e. The Morgan fingerprint density at radius 2 is 2.04 bits per heavy atom. The monoisotopic (exact) mass is 426 g/mol. The Labute approximate surface area is 174 Å². The van der Waals surface area contributed by atoms with E-state index in [0.29, 0.717) is 17.8 Å². The van der Waals surface area contributed by atoms with Crippen molar-refractivity contribution in [1.29, 1.82) is 0 Å². The molecule has 1 aromatic heterocycles. The molecule has 3 N–H and O–H groups in total. The molecule has 1 aliphatic rings. The van der Waals surface area contributed by atoms with Gasteiger partial charge in [-0.1, -0.05) is 23.7 Å². The number of amides is 2. The van der Waals surface area contributed by atoms with Gasteiger partial charge in [-0.3, -0.25) is 9.59 Å². The topological polar surface area (TPSA) is 101 Å². The molecule has 1 aliphatic heterocycles. The number of halogens is 2. The maximum absolute atomic E-state index is 12.4. The molecular formula is C18H24Cl2N6O2. The smallest absolute Gasteiger partial charge is 0.277 e. The lowest BCUT2D eigenvalue weighted by atomic mass is 10.1. The predicted octanol–water partition coefficient (Wildman–Crippen LogP) is 2.67. The van der Waals surface area contributed by atoms with Gasteiger partial charge in [-0.05, 0) is 50.6 Å². The number of piperidine rings is 1. The molecule has 0 unspecified atom stereocenters. The number of benzene rings is 1. The predicted molar refractivity (Wildman–Crippen MR) is 110 cm³/mol. The van der Waals surface area contributed by atoms with Crippen LogP contribution in [0.25, 0.3) is 0 Å². The Morgan fingerprint density at radius 1 is 1.29 bits per heavy atom. The lowest BCUT2D eigenvalue weighted by molar-refractivity contribution is 0.0953. The first kappa shape index (κ1) is 22.1. The Balaban J connectivity index is 0.00000280. The van der Waals surface area contributed by atoms with Crippen LogP contribution in [0.2, 0.25) is 5.02 Å². The average Bonchev–Trinajstić information content (AvgIpc) is 3.17. The third-order valence-electron chi connectivity index (χ3n) is 4.43. The molecule has 1 aromatic carbocycles. The number of carbonyl (C=O) groups excluding carboxylic acids is 2. The zero-order valence-electron chi connectivity index (χ0n) is 15.6. The fourth-order valence-electron chi connectivity index (χ4n) is 2.94. The normalized spacial score (nSPS) is 14.2. The van der Waals surface area contributed by atoms with Gasteiger partial charge < -0.3 is 16.0 Å². The van der Waals surface area contributed by atoms with E-state index in [0.717, 1.165) is 32.4 Å². The van der Waals surface area contributed by atoms with Crippen molar-refractivity contribution < 1.29 is 9.59 Å². The standard InChI is InChI=1S/C18H23ClN6O2.ClH/c1-2-7-21-17(26)14-4-3-12(10-15(14)19)22-18(27)16-11-25(24-23-16)13-5-8-20-9-6-13;/h3-4,10-11,13,20H,2,5-9H2,1H3,(H,21,26)(H,22,27);1H. The second-order valence-electron chi connectivity index (χ2n) is 6.47. The first-order valence-corrected chi connectivity index (χ1v) is 9.48. The molecule has 152 valence electrons. The molecule has 0 spiro atoms. The molecule has 0 bridgehead atoms. The molecule has 0 atom stereocenters. The van der Waals surface area contributed by atoms with E-state index in [2.05, 4.69) is 26.3 Å². The van der Waals surface area contributed by atoms with E-state index < -0.39 is 0 Å². The molecule has 3 rings (SSSR count). The minimum absolute atomic E-state index is 0. The van der Waals surface area contributed by atoms with Crippen molar-refractivity contribution in [2.75, 3.05) is 25.0 Å². The number of carbonyl (C=O) groups is 2. The van der Waals surface area contributed by atoms with E-state index in [1.54, 1.807) is 29.1 Å². The lowest BCUT2D eigenvalue weighted by Gasteiger charge is -2.22. The van der Waals surface area contributed by atoms with Crippen LogP contribution in [0.5, 0.6) is 0 Å². The Morgan fingerprint density at radius 3 is 2.71 bits per heavy atom. The Bertz CT molecular complexity index is 820. The molecule has 0 aliphatic carbocycles. The molecular weight excluding hydrogens is 403 g/mol. The minimum atomic E-state index is -0.366. The molecule has 28 heavy (non-hydrogen) atoms. The summed E-state index contributed by atoms with van der Waals surface area (Å²) in [7, 11) is 0. The number of nitrogens with one attached hydrogen (secondary N) is 3. The van der Waals surface area contributed by atoms with Crippen LogP contribution in [0.3, 0.4) is 0 Å². The van der Waals surface area contributed by atoms with E-state index in [-0.39, 0.29) is 41.0 Å². The lowest BCUT2D eigenvalue weighted by Crippen LogP contribution is -2.29. The fourth-order valence-corrected chi connectivity index (χ4v) is 3.20. The van der Waals surface area contributed by atoms with Crippen molar-refractivity contribution in [3.05, 3.63) is 40.7 Å². The fraction of sp³-hybridized carbons (Fsp3) is 0.444. The molecule has 1 saturated heterocycles. The first-order valence-electron chi connectivity index (χ1n) is 9.10. The zero-order chi connectivity index (χ0) is 19.2. The van der Waals surface area contributed by atoms with Crippen LogP contribution >= 0.6 is 24.0 Å². The molecule has 1 fully saturated rings. The summed E-state index contributed by atoms with van der Waals surface area (Å²) < 4.78 is 1.75. The molecule has 8 nitrogen and oxygen atoms in total. The number of hydrogen-bond donors (Lipinski definition) is 3. The van der Waals surface area contributed by atoms with Crippen molar-refractivity contribution >= 4 is 41.5 Å². The van der Waals surface area contributed by atoms with Gasteiger partial charge in [0.25, 0.3) is 11.8 Å². The summed E-state index contributed by atoms with van der Waals surface area (Å²) in [4.78, 5) is 24.4. The van der Waals surface area contributed by atoms with E-state index in [4.69, 9.17) is 11.6 Å². The SMILES string of the molecule is CCCNC(=O)c1ccc(NC(=O)c2cn(C3CCNCC3)nn2)cc1Cl.Cl. The number of anilines is 1. The summed E-state index contributed by atoms with van der Waals surface area (Å²) in [6.45, 7) is 4.42. The summed E-state index contributed by atoms with van der Waals surface area (Å²) >= 11 is 6.19. The van der Waals surface area contributed by atoms with Gasteiger partial charge in [0.2, 0.25) is 0 Å². The molecule has 0 saturated carbocycles. The highest BCUT2D eigenvalue weighted by Gasteiger charge is 2.19. The van der Waals surface area contributed by atoms with Gasteiger partial charge in [-0.15, -0.1) is 17.5 Å². The number of aromatic nitrogens is 3. The second kappa shape index (κ2) is 10.4. The van der Waals surface area contributed by atoms with Crippen molar-refractivity contribution in [3.8, 4) is 0 Å². The number of nitrogens with zero attached hydrogens (tertiary/aromatic N) is 3. The summed E-state index contributed by atoms with van der Waals surface area (Å²) in [5, 5.41) is 17.1. The van der Waals surface area contributed by atoms with Crippen LogP contribution < -0.4 is 16.0 Å². The van der Waals surface area contributed by atoms with E-state index >= 15 is 0 Å². The van der Waals surface area contributed by atoms with Crippen molar-refractivity contribution in [1.82, 2.24) is 25.6 Å². The third-order valence-corrected chi connectivity index (χ3v) is 4.75. The maximum atomic E-state index is 12.4. The summed E-state index contributed by atoms with van der Waals surface area (Å²) in [6.07, 6.45) is 4.43. The number of rotatable bonds is 6. The van der Waals surface area contributed by atoms with Gasteiger partial charge in [-0.2, -0.15) is 0 Å². The van der Waals surface area contributed by atoms with Crippen LogP contribution in [0.1, 0.15) is 53.1 Å². The van der Waals surface area contributed by atoms with Crippen LogP contribution in [0, 0.1) is 0 Å². The van der Waals surface area contributed by atoms with Crippen LogP contribution in [0.15, 0.2) is 24.4 Å². The maximum Gasteiger partial charge on any atom is 0.277 e. The molecule has 0 radical (unpaired) electrons. The van der Waals surface area contributed by atoms with Crippen molar-refractivity contribution in [2.24, 2.45) is 0 Å². The van der Waals surface area contributed by atoms with Crippen LogP contribution in [-0.2, 0) is 0 Å². The van der Waals surface area contributed by atoms with Gasteiger partial charge in [0.05, 0.1) is 22.8 Å². The third kappa shape index (κ3) is 5.43. The second-order valence-corrected chi connectivity index (χ2v) is 6.88. The molecule has 2 aromatic rings. The van der Waals surface area contributed by atoms with Crippen molar-refractivity contribution in [3.63, 3.8) is 0 Å². The van der Waals surface area contributed by atoms with Crippen LogP contribution in [0.4, 0.5) is 5.69 Å². The quantitative estimate of drug-likeness (QED) is 0.658. The highest BCUT2D eigenvalue weighted by Crippen LogP contribution is 2.22. The summed E-state index contributed by atoms with van der Waals surface area (Å²) in [5.41, 5.74) is 1.11. The van der Waals surface area contributed by atoms with E-state index in [1.807, 2.05) is 6.92 Å². The van der Waals surface area contributed by atoms with Gasteiger partial charge in [-0.25, -0.2) is 4.68 Å². The molecule has 2 amide bonds. The Hall–Kier alpha value is -2.16. The summed E-state index contributed by atoms with van der Waals surface area (Å²) in [5.74, 6) is -0.598. The highest BCUT2D eigenvalue weighted by atomic mass is 35.5. The van der Waals surface area contributed by atoms with Crippen LogP contribution in [-0.4, -0.2) is 46.4 Å². The Kier molecular flexibility index (Phi) is 8.22. The van der Waals surface area contributed by atoms with Gasteiger partial charge in [0, 0.05) is 12.2 Å². The molecule has 2 heterocycles. The van der Waals surface area contributed by atoms with E-state index in [1.165, 1.54) is 0 Å². The van der Waals surface area contributed by atoms with Gasteiger partial charge in [0.15, 0.2) is 5.69 Å². The van der Waals surface area contributed by atoms with Gasteiger partial charge >= 0.3 is 0 Å². The molecule has 10 heteroatoms. The number of hydrogen-bond acceptors (Lipinski definition) is 5.